The molecule has 1 amide bonds. The van der Waals surface area contributed by atoms with Crippen LogP contribution in [-0.2, 0) is 0 Å². The van der Waals surface area contributed by atoms with Crippen LogP contribution in [0.15, 0.2) is 36.5 Å². The van der Waals surface area contributed by atoms with Crippen molar-refractivity contribution < 1.29 is 4.79 Å². The minimum atomic E-state index is -0.270. The Labute approximate surface area is 123 Å². The van der Waals surface area contributed by atoms with Crippen molar-refractivity contribution in [2.24, 2.45) is 0 Å². The molecule has 0 atom stereocenters. The topological polar surface area (TPSA) is 68.0 Å². The molecular weight excluding hydrogens is 365 g/mol. The first-order chi connectivity index (χ1) is 8.56. The van der Waals surface area contributed by atoms with Gasteiger partial charge in [-0.2, -0.15) is 0 Å². The van der Waals surface area contributed by atoms with Crippen LogP contribution in [0.1, 0.15) is 10.4 Å². The Morgan fingerprint density at radius 3 is 2.83 bits per heavy atom. The average Bonchev–Trinajstić information content (AvgIpc) is 2.34. The van der Waals surface area contributed by atoms with E-state index in [2.05, 4.69) is 32.9 Å². The number of nitrogens with one attached hydrogen (secondary N) is 1. The van der Waals surface area contributed by atoms with E-state index in [1.807, 2.05) is 6.07 Å². The Balaban J connectivity index is 2.24. The lowest BCUT2D eigenvalue weighted by molar-refractivity contribution is 0.102. The monoisotopic (exact) mass is 373 g/mol. The minimum absolute atomic E-state index is 0.270. The molecule has 0 aliphatic rings. The number of halogens is 2. The summed E-state index contributed by atoms with van der Waals surface area (Å²) in [6.07, 6.45) is 1.49. The van der Waals surface area contributed by atoms with Crippen molar-refractivity contribution in [1.29, 1.82) is 0 Å². The van der Waals surface area contributed by atoms with Crippen molar-refractivity contribution >= 4 is 51.6 Å². The van der Waals surface area contributed by atoms with Crippen molar-refractivity contribution in [3.8, 4) is 0 Å². The number of amides is 1. The fourth-order valence-electron chi connectivity index (χ4n) is 1.38. The maximum absolute atomic E-state index is 12.0. The van der Waals surface area contributed by atoms with E-state index in [9.17, 15) is 4.79 Å². The van der Waals surface area contributed by atoms with Gasteiger partial charge in [0, 0.05) is 15.3 Å². The summed E-state index contributed by atoms with van der Waals surface area (Å²) in [5.41, 5.74) is 6.54. The van der Waals surface area contributed by atoms with Crippen LogP contribution >= 0.6 is 34.2 Å². The van der Waals surface area contributed by atoms with Gasteiger partial charge in [-0.3, -0.25) is 4.79 Å². The van der Waals surface area contributed by atoms with Gasteiger partial charge < -0.3 is 11.1 Å². The molecule has 18 heavy (non-hydrogen) atoms. The van der Waals surface area contributed by atoms with E-state index in [-0.39, 0.29) is 5.91 Å². The molecule has 0 saturated heterocycles. The second kappa shape index (κ2) is 5.53. The van der Waals surface area contributed by atoms with Crippen LogP contribution in [-0.4, -0.2) is 10.9 Å². The maximum atomic E-state index is 12.0. The van der Waals surface area contributed by atoms with E-state index < -0.39 is 0 Å². The van der Waals surface area contributed by atoms with Crippen LogP contribution in [0.5, 0.6) is 0 Å². The molecule has 4 nitrogen and oxygen atoms in total. The van der Waals surface area contributed by atoms with E-state index in [0.717, 1.165) is 3.57 Å². The number of anilines is 2. The highest BCUT2D eigenvalue weighted by molar-refractivity contribution is 14.1. The summed E-state index contributed by atoms with van der Waals surface area (Å²) in [5.74, 6) is 0.0318. The maximum Gasteiger partial charge on any atom is 0.255 e. The summed E-state index contributed by atoms with van der Waals surface area (Å²) in [6, 6.07) is 8.50. The number of hydrogen-bond acceptors (Lipinski definition) is 3. The van der Waals surface area contributed by atoms with Gasteiger partial charge in [0.2, 0.25) is 0 Å². The lowest BCUT2D eigenvalue weighted by atomic mass is 10.2. The van der Waals surface area contributed by atoms with Crippen LogP contribution in [0.4, 0.5) is 11.5 Å². The predicted molar refractivity (Wildman–Crippen MR) is 80.8 cm³/mol. The van der Waals surface area contributed by atoms with Crippen LogP contribution in [0, 0.1) is 3.57 Å². The summed E-state index contributed by atoms with van der Waals surface area (Å²) in [4.78, 5) is 15.8. The van der Waals surface area contributed by atoms with E-state index in [4.69, 9.17) is 17.3 Å². The van der Waals surface area contributed by atoms with Crippen molar-refractivity contribution in [3.05, 3.63) is 50.7 Å². The van der Waals surface area contributed by atoms with E-state index in [1.54, 1.807) is 18.2 Å². The molecule has 3 N–H and O–H groups in total. The third-order valence-corrected chi connectivity index (χ3v) is 3.22. The third kappa shape index (κ3) is 3.11. The van der Waals surface area contributed by atoms with Crippen molar-refractivity contribution in [3.63, 3.8) is 0 Å². The molecule has 0 bridgehead atoms. The number of carbonyl (C=O) groups is 1. The quantitative estimate of drug-likeness (QED) is 0.795. The van der Waals surface area contributed by atoms with E-state index in [0.29, 0.717) is 22.1 Å². The molecule has 1 heterocycles. The van der Waals surface area contributed by atoms with Crippen LogP contribution in [0.2, 0.25) is 5.02 Å². The van der Waals surface area contributed by atoms with Crippen molar-refractivity contribution in [2.45, 2.75) is 0 Å². The van der Waals surface area contributed by atoms with Crippen molar-refractivity contribution in [1.82, 2.24) is 4.98 Å². The van der Waals surface area contributed by atoms with Gasteiger partial charge in [0.25, 0.3) is 5.91 Å². The Hall–Kier alpha value is -1.34. The summed E-state index contributed by atoms with van der Waals surface area (Å²) >= 11 is 8.15. The highest BCUT2D eigenvalue weighted by Crippen LogP contribution is 2.24. The minimum Gasteiger partial charge on any atom is -0.384 e. The number of nitrogens with two attached hydrogens (primary N) is 1. The first-order valence-electron chi connectivity index (χ1n) is 5.04. The molecule has 1 aromatic carbocycles. The molecule has 1 aromatic heterocycles. The molecule has 2 rings (SSSR count). The fraction of sp³-hybridized carbons (Fsp3) is 0. The highest BCUT2D eigenvalue weighted by Gasteiger charge is 2.09. The van der Waals surface area contributed by atoms with E-state index in [1.165, 1.54) is 12.3 Å². The lowest BCUT2D eigenvalue weighted by Crippen LogP contribution is -2.12. The normalized spacial score (nSPS) is 10.1. The van der Waals surface area contributed by atoms with Gasteiger partial charge in [-0.25, -0.2) is 4.98 Å². The predicted octanol–water partition coefficient (Wildman–Crippen LogP) is 3.17. The first kappa shape index (κ1) is 13.1. The summed E-state index contributed by atoms with van der Waals surface area (Å²) in [5, 5.41) is 3.23. The molecule has 92 valence electrons. The number of nitrogen functional groups attached to an aromatic ring is 1. The average molecular weight is 374 g/mol. The molecule has 6 heteroatoms. The van der Waals surface area contributed by atoms with Gasteiger partial charge in [0.15, 0.2) is 0 Å². The number of rotatable bonds is 2. The van der Waals surface area contributed by atoms with Gasteiger partial charge in [0.1, 0.15) is 5.82 Å². The molecule has 0 radical (unpaired) electrons. The number of benzene rings is 1. The van der Waals surface area contributed by atoms with Crippen LogP contribution < -0.4 is 11.1 Å². The summed E-state index contributed by atoms with van der Waals surface area (Å²) in [6.45, 7) is 0. The molecule has 0 aliphatic heterocycles. The first-order valence-corrected chi connectivity index (χ1v) is 6.50. The Kier molecular flexibility index (Phi) is 4.03. The zero-order chi connectivity index (χ0) is 13.1. The SMILES string of the molecule is Nc1cc(C(=O)Nc2cc(I)ccc2Cl)ccn1. The third-order valence-electron chi connectivity index (χ3n) is 2.22. The zero-order valence-electron chi connectivity index (χ0n) is 9.15. The zero-order valence-corrected chi connectivity index (χ0v) is 12.1. The number of aromatic nitrogens is 1. The van der Waals surface area contributed by atoms with Gasteiger partial charge in [-0.1, -0.05) is 11.6 Å². The van der Waals surface area contributed by atoms with E-state index >= 15 is 0 Å². The Morgan fingerprint density at radius 1 is 1.33 bits per heavy atom. The highest BCUT2D eigenvalue weighted by atomic mass is 127. The Bertz CT molecular complexity index is 604. The van der Waals surface area contributed by atoms with Gasteiger partial charge >= 0.3 is 0 Å². The second-order valence-corrected chi connectivity index (χ2v) is 5.20. The van der Waals surface area contributed by atoms with Crippen LogP contribution in [0.25, 0.3) is 0 Å². The van der Waals surface area contributed by atoms with Crippen molar-refractivity contribution in [2.75, 3.05) is 11.1 Å². The number of nitrogens with zero attached hydrogens (tertiary/aromatic N) is 1. The second-order valence-electron chi connectivity index (χ2n) is 3.55. The smallest absolute Gasteiger partial charge is 0.255 e. The van der Waals surface area contributed by atoms with Crippen LogP contribution in [0.3, 0.4) is 0 Å². The molecule has 0 spiro atoms. The molecule has 2 aromatic rings. The van der Waals surface area contributed by atoms with Gasteiger partial charge in [-0.05, 0) is 52.9 Å². The molecule has 0 saturated carbocycles. The largest absolute Gasteiger partial charge is 0.384 e. The molecule has 0 fully saturated rings. The summed E-state index contributed by atoms with van der Waals surface area (Å²) in [7, 11) is 0. The molecule has 0 aliphatic carbocycles. The fourth-order valence-corrected chi connectivity index (χ4v) is 2.03. The number of carbonyl (C=O) groups excluding carboxylic acids is 1. The summed E-state index contributed by atoms with van der Waals surface area (Å²) < 4.78 is 0.988. The standard InChI is InChI=1S/C12H9ClIN3O/c13-9-2-1-8(14)6-10(9)17-12(18)7-3-4-16-11(15)5-7/h1-6H,(H2,15,16)(H,17,18). The van der Waals surface area contributed by atoms with Gasteiger partial charge in [0.05, 0.1) is 10.7 Å². The molecular formula is C12H9ClIN3O. The van der Waals surface area contributed by atoms with Gasteiger partial charge in [-0.15, -0.1) is 0 Å². The number of pyridine rings is 1. The number of hydrogen-bond donors (Lipinski definition) is 2. The molecule has 0 unspecified atom stereocenters. The lowest BCUT2D eigenvalue weighted by Gasteiger charge is -2.08. The Morgan fingerprint density at radius 2 is 2.11 bits per heavy atom.